The molecule has 17 heavy (non-hydrogen) atoms. The lowest BCUT2D eigenvalue weighted by atomic mass is 10.2. The van der Waals surface area contributed by atoms with Gasteiger partial charge in [0.05, 0.1) is 0 Å². The average Bonchev–Trinajstić information content (AvgIpc) is 2.35. The first-order chi connectivity index (χ1) is 8.16. The molecule has 0 aliphatic heterocycles. The van der Waals surface area contributed by atoms with E-state index in [9.17, 15) is 8.78 Å². The summed E-state index contributed by atoms with van der Waals surface area (Å²) in [5.74, 6) is -1.62. The molecule has 0 fully saturated rings. The summed E-state index contributed by atoms with van der Waals surface area (Å²) in [7, 11) is 1.90. The van der Waals surface area contributed by atoms with Gasteiger partial charge in [-0.15, -0.1) is 0 Å². The minimum Gasteiger partial charge on any atom is -0.370 e. The van der Waals surface area contributed by atoms with Crippen LogP contribution in [0, 0.1) is 17.7 Å². The summed E-state index contributed by atoms with van der Waals surface area (Å²) >= 11 is 0. The molecule has 3 heteroatoms. The molecular weight excluding hydrogens is 220 g/mol. The maximum absolute atomic E-state index is 13.0. The van der Waals surface area contributed by atoms with E-state index in [4.69, 9.17) is 0 Å². The summed E-state index contributed by atoms with van der Waals surface area (Å²) in [6, 6.07) is 14.4. The van der Waals surface area contributed by atoms with Crippen molar-refractivity contribution in [3.8, 4) is 0 Å². The Kier molecular flexibility index (Phi) is 3.38. The number of hydrogen-bond donors (Lipinski definition) is 0. The van der Waals surface area contributed by atoms with Crippen LogP contribution in [0.1, 0.15) is 5.56 Å². The molecule has 0 atom stereocenters. The highest BCUT2D eigenvalue weighted by molar-refractivity contribution is 5.45. The van der Waals surface area contributed by atoms with Gasteiger partial charge in [0.15, 0.2) is 11.6 Å². The predicted octanol–water partition coefficient (Wildman–Crippen LogP) is 3.40. The molecule has 0 N–H and O–H groups in total. The minimum atomic E-state index is -0.814. The lowest BCUT2D eigenvalue weighted by Crippen LogP contribution is -2.16. The van der Waals surface area contributed by atoms with E-state index in [0.29, 0.717) is 6.54 Å². The second-order valence-corrected chi connectivity index (χ2v) is 3.86. The molecule has 2 rings (SSSR count). The number of halogens is 2. The van der Waals surface area contributed by atoms with Crippen LogP contribution in [0.3, 0.4) is 0 Å². The number of hydrogen-bond acceptors (Lipinski definition) is 1. The predicted molar refractivity (Wildman–Crippen MR) is 63.7 cm³/mol. The molecule has 0 heterocycles. The van der Waals surface area contributed by atoms with Gasteiger partial charge in [-0.2, -0.15) is 0 Å². The highest BCUT2D eigenvalue weighted by atomic mass is 19.2. The molecule has 0 spiro atoms. The van der Waals surface area contributed by atoms with E-state index in [0.717, 1.165) is 17.3 Å². The third-order valence-electron chi connectivity index (χ3n) is 2.55. The molecule has 1 nitrogen and oxygen atoms in total. The van der Waals surface area contributed by atoms with E-state index in [1.165, 1.54) is 6.07 Å². The van der Waals surface area contributed by atoms with Crippen LogP contribution in [0.2, 0.25) is 0 Å². The number of anilines is 1. The molecular formula is C14H12F2N. The van der Waals surface area contributed by atoms with Crippen molar-refractivity contribution in [2.75, 3.05) is 11.9 Å². The van der Waals surface area contributed by atoms with Gasteiger partial charge in [-0.25, -0.2) is 8.78 Å². The lowest BCUT2D eigenvalue weighted by Gasteiger charge is -2.19. The molecule has 2 aromatic rings. The molecule has 0 unspecified atom stereocenters. The van der Waals surface area contributed by atoms with Crippen molar-refractivity contribution >= 4 is 5.69 Å². The normalized spacial score (nSPS) is 10.3. The Labute approximate surface area is 99.3 Å². The van der Waals surface area contributed by atoms with Crippen molar-refractivity contribution in [3.63, 3.8) is 0 Å². The molecule has 0 aliphatic carbocycles. The zero-order valence-electron chi connectivity index (χ0n) is 9.45. The van der Waals surface area contributed by atoms with Gasteiger partial charge in [0.1, 0.15) is 0 Å². The van der Waals surface area contributed by atoms with Crippen molar-refractivity contribution in [2.24, 2.45) is 0 Å². The Balaban J connectivity index is 2.13. The smallest absolute Gasteiger partial charge is 0.159 e. The van der Waals surface area contributed by atoms with Crippen LogP contribution in [0.25, 0.3) is 0 Å². The van der Waals surface area contributed by atoms with Gasteiger partial charge in [0.25, 0.3) is 0 Å². The zero-order chi connectivity index (χ0) is 12.3. The van der Waals surface area contributed by atoms with Crippen molar-refractivity contribution in [2.45, 2.75) is 6.54 Å². The Morgan fingerprint density at radius 1 is 1.06 bits per heavy atom. The molecule has 87 valence electrons. The van der Waals surface area contributed by atoms with Gasteiger partial charge in [0.2, 0.25) is 0 Å². The molecule has 0 aliphatic rings. The fraction of sp³-hybridized carbons (Fsp3) is 0.143. The Morgan fingerprint density at radius 2 is 1.76 bits per heavy atom. The lowest BCUT2D eigenvalue weighted by molar-refractivity contribution is 0.507. The van der Waals surface area contributed by atoms with Crippen LogP contribution in [-0.2, 0) is 6.54 Å². The molecule has 0 aromatic heterocycles. The average molecular weight is 232 g/mol. The van der Waals surface area contributed by atoms with Crippen LogP contribution in [0.15, 0.2) is 42.5 Å². The summed E-state index contributed by atoms with van der Waals surface area (Å²) in [4.78, 5) is 1.96. The maximum atomic E-state index is 13.0. The summed E-state index contributed by atoms with van der Waals surface area (Å²) in [6.07, 6.45) is 0. The van der Waals surface area contributed by atoms with Gasteiger partial charge >= 0.3 is 0 Å². The van der Waals surface area contributed by atoms with Crippen LogP contribution < -0.4 is 4.90 Å². The Morgan fingerprint density at radius 3 is 2.41 bits per heavy atom. The molecule has 0 bridgehead atoms. The van der Waals surface area contributed by atoms with Gasteiger partial charge in [0, 0.05) is 19.3 Å². The van der Waals surface area contributed by atoms with Crippen molar-refractivity contribution in [1.29, 1.82) is 0 Å². The van der Waals surface area contributed by atoms with Crippen LogP contribution >= 0.6 is 0 Å². The first-order valence-electron chi connectivity index (χ1n) is 5.28. The second kappa shape index (κ2) is 4.95. The summed E-state index contributed by atoms with van der Waals surface area (Å²) in [5, 5.41) is 0. The number of rotatable bonds is 3. The molecule has 0 saturated carbocycles. The molecule has 1 radical (unpaired) electrons. The second-order valence-electron chi connectivity index (χ2n) is 3.86. The SMILES string of the molecule is CN(Cc1ccc(F)c(F)c1)c1cc[c]cc1. The summed E-state index contributed by atoms with van der Waals surface area (Å²) in [6.45, 7) is 0.529. The maximum Gasteiger partial charge on any atom is 0.159 e. The minimum absolute atomic E-state index is 0.529. The standard InChI is InChI=1S/C14H12F2N/c1-17(12-5-3-2-4-6-12)10-11-7-8-13(15)14(16)9-11/h3-9H,10H2,1H3. The summed E-state index contributed by atoms with van der Waals surface area (Å²) < 4.78 is 25.8. The Hall–Kier alpha value is -1.90. The van der Waals surface area contributed by atoms with Gasteiger partial charge in [-0.05, 0) is 35.9 Å². The first-order valence-corrected chi connectivity index (χ1v) is 5.28. The summed E-state index contributed by atoms with van der Waals surface area (Å²) in [5.41, 5.74) is 1.74. The quantitative estimate of drug-likeness (QED) is 0.784. The van der Waals surface area contributed by atoms with E-state index in [-0.39, 0.29) is 0 Å². The van der Waals surface area contributed by atoms with Crippen molar-refractivity contribution in [1.82, 2.24) is 0 Å². The Bertz CT molecular complexity index is 497. The molecule has 0 saturated heterocycles. The molecule has 0 amide bonds. The largest absolute Gasteiger partial charge is 0.370 e. The third kappa shape index (κ3) is 2.81. The van der Waals surface area contributed by atoms with Gasteiger partial charge in [-0.1, -0.05) is 18.2 Å². The van der Waals surface area contributed by atoms with Crippen molar-refractivity contribution < 1.29 is 8.78 Å². The van der Waals surface area contributed by atoms with E-state index < -0.39 is 11.6 Å². The number of nitrogens with zero attached hydrogens (tertiary/aromatic N) is 1. The fourth-order valence-electron chi connectivity index (χ4n) is 1.64. The molecule has 2 aromatic carbocycles. The van der Waals surface area contributed by atoms with E-state index in [2.05, 4.69) is 6.07 Å². The topological polar surface area (TPSA) is 3.24 Å². The van der Waals surface area contributed by atoms with E-state index in [1.807, 2.05) is 36.2 Å². The van der Waals surface area contributed by atoms with Crippen LogP contribution in [0.5, 0.6) is 0 Å². The highest BCUT2D eigenvalue weighted by Crippen LogP contribution is 2.16. The van der Waals surface area contributed by atoms with Crippen LogP contribution in [0.4, 0.5) is 14.5 Å². The zero-order valence-corrected chi connectivity index (χ0v) is 9.45. The van der Waals surface area contributed by atoms with Gasteiger partial charge < -0.3 is 4.90 Å². The van der Waals surface area contributed by atoms with E-state index in [1.54, 1.807) is 6.07 Å². The van der Waals surface area contributed by atoms with Crippen LogP contribution in [-0.4, -0.2) is 7.05 Å². The van der Waals surface area contributed by atoms with Crippen molar-refractivity contribution in [3.05, 3.63) is 65.7 Å². The third-order valence-corrected chi connectivity index (χ3v) is 2.55. The van der Waals surface area contributed by atoms with E-state index >= 15 is 0 Å². The van der Waals surface area contributed by atoms with Gasteiger partial charge in [-0.3, -0.25) is 0 Å². The first kappa shape index (κ1) is 11.6. The fourth-order valence-corrected chi connectivity index (χ4v) is 1.64. The highest BCUT2D eigenvalue weighted by Gasteiger charge is 2.05. The number of benzene rings is 2. The monoisotopic (exact) mass is 232 g/mol.